The van der Waals surface area contributed by atoms with Gasteiger partial charge in [-0.1, -0.05) is 31.4 Å². The summed E-state index contributed by atoms with van der Waals surface area (Å²) in [5.74, 6) is 0.846. The normalized spacial score (nSPS) is 15.4. The number of halogens is 1. The molecule has 88 valence electrons. The van der Waals surface area contributed by atoms with Crippen molar-refractivity contribution in [2.24, 2.45) is 0 Å². The molecule has 0 saturated heterocycles. The molecule has 0 N–H and O–H groups in total. The molecular formula is C12H13BrN4. The summed E-state index contributed by atoms with van der Waals surface area (Å²) < 4.78 is 2.49. The highest BCUT2D eigenvalue weighted by molar-refractivity contribution is 9.10. The Morgan fingerprint density at radius 1 is 1.29 bits per heavy atom. The van der Waals surface area contributed by atoms with Crippen molar-refractivity contribution in [3.8, 4) is 0 Å². The molecule has 0 aromatic carbocycles. The van der Waals surface area contributed by atoms with Crippen molar-refractivity contribution in [1.82, 2.24) is 14.8 Å². The van der Waals surface area contributed by atoms with Crippen molar-refractivity contribution in [2.75, 3.05) is 11.4 Å². The zero-order valence-electron chi connectivity index (χ0n) is 9.38. The third-order valence-electron chi connectivity index (χ3n) is 2.41. The average Bonchev–Trinajstić information content (AvgIpc) is 2.83. The molecule has 2 rings (SSSR count). The van der Waals surface area contributed by atoms with E-state index in [1.807, 2.05) is 22.9 Å². The first-order valence-electron chi connectivity index (χ1n) is 5.26. The lowest BCUT2D eigenvalue weighted by atomic mass is 10.3. The number of allylic oxidation sites excluding steroid dienone is 5. The van der Waals surface area contributed by atoms with Crippen LogP contribution in [0.2, 0.25) is 0 Å². The molecule has 0 spiro atoms. The van der Waals surface area contributed by atoms with E-state index in [4.69, 9.17) is 0 Å². The molecule has 0 atom stereocenters. The van der Waals surface area contributed by atoms with Crippen molar-refractivity contribution < 1.29 is 0 Å². The molecule has 0 amide bonds. The summed E-state index contributed by atoms with van der Waals surface area (Å²) in [5, 5.41) is 4.25. The SMILES string of the molecule is C=C/C=C\C(=C/C=C)N1CCn2nc(Br)nc21. The van der Waals surface area contributed by atoms with E-state index < -0.39 is 0 Å². The molecule has 0 radical (unpaired) electrons. The average molecular weight is 293 g/mol. The van der Waals surface area contributed by atoms with Crippen molar-refractivity contribution >= 4 is 21.9 Å². The third-order valence-corrected chi connectivity index (χ3v) is 2.74. The van der Waals surface area contributed by atoms with Crippen LogP contribution in [0.25, 0.3) is 0 Å². The van der Waals surface area contributed by atoms with Gasteiger partial charge in [-0.05, 0) is 28.1 Å². The van der Waals surface area contributed by atoms with Gasteiger partial charge in [0.1, 0.15) is 0 Å². The van der Waals surface area contributed by atoms with Crippen molar-refractivity contribution in [3.05, 3.63) is 54.0 Å². The van der Waals surface area contributed by atoms with Gasteiger partial charge in [0.25, 0.3) is 0 Å². The summed E-state index contributed by atoms with van der Waals surface area (Å²) in [6.07, 6.45) is 9.32. The minimum absolute atomic E-state index is 0.614. The van der Waals surface area contributed by atoms with E-state index in [1.54, 1.807) is 12.2 Å². The molecular weight excluding hydrogens is 280 g/mol. The summed E-state index contributed by atoms with van der Waals surface area (Å²) in [6.45, 7) is 9.10. The molecule has 0 aliphatic carbocycles. The van der Waals surface area contributed by atoms with Gasteiger partial charge in [0.15, 0.2) is 0 Å². The minimum atomic E-state index is 0.614. The fourth-order valence-corrected chi connectivity index (χ4v) is 2.07. The molecule has 0 bridgehead atoms. The number of aromatic nitrogens is 3. The van der Waals surface area contributed by atoms with Crippen molar-refractivity contribution in [1.29, 1.82) is 0 Å². The second-order valence-electron chi connectivity index (χ2n) is 3.48. The Bertz CT molecular complexity index is 499. The van der Waals surface area contributed by atoms with Crippen LogP contribution in [0.1, 0.15) is 0 Å². The van der Waals surface area contributed by atoms with Crippen LogP contribution in [0.5, 0.6) is 0 Å². The number of hydrogen-bond donors (Lipinski definition) is 0. The Morgan fingerprint density at radius 3 is 2.82 bits per heavy atom. The first-order chi connectivity index (χ1) is 8.26. The third kappa shape index (κ3) is 2.39. The van der Waals surface area contributed by atoms with Crippen LogP contribution in [0.15, 0.2) is 54.0 Å². The largest absolute Gasteiger partial charge is 0.309 e. The number of fused-ring (bicyclic) bond motifs is 1. The van der Waals surface area contributed by atoms with Crippen LogP contribution < -0.4 is 4.90 Å². The maximum atomic E-state index is 4.34. The molecule has 4 nitrogen and oxygen atoms in total. The fraction of sp³-hybridized carbons (Fsp3) is 0.167. The highest BCUT2D eigenvalue weighted by Crippen LogP contribution is 2.25. The fourth-order valence-electron chi connectivity index (χ4n) is 1.72. The molecule has 1 aromatic heterocycles. The van der Waals surface area contributed by atoms with Crippen molar-refractivity contribution in [2.45, 2.75) is 6.54 Å². The van der Waals surface area contributed by atoms with Gasteiger partial charge in [-0.25, -0.2) is 4.68 Å². The van der Waals surface area contributed by atoms with E-state index in [0.29, 0.717) is 4.73 Å². The summed E-state index contributed by atoms with van der Waals surface area (Å²) in [6, 6.07) is 0. The summed E-state index contributed by atoms with van der Waals surface area (Å²) in [7, 11) is 0. The molecule has 0 unspecified atom stereocenters. The number of nitrogens with zero attached hydrogens (tertiary/aromatic N) is 4. The highest BCUT2D eigenvalue weighted by atomic mass is 79.9. The van der Waals surface area contributed by atoms with Gasteiger partial charge in [-0.3, -0.25) is 0 Å². The second-order valence-corrected chi connectivity index (χ2v) is 4.19. The molecule has 2 heterocycles. The molecule has 0 saturated carbocycles. The minimum Gasteiger partial charge on any atom is -0.309 e. The van der Waals surface area contributed by atoms with E-state index in [0.717, 1.165) is 24.7 Å². The quantitative estimate of drug-likeness (QED) is 0.800. The summed E-state index contributed by atoms with van der Waals surface area (Å²) in [5.41, 5.74) is 1.03. The Labute approximate surface area is 109 Å². The standard InChI is InChI=1S/C12H13BrN4/c1-3-5-7-10(6-4-2)16-8-9-17-12(16)14-11(13)15-17/h3-7H,1-2,8-9H2/b7-5-,10-6+. The van der Waals surface area contributed by atoms with Gasteiger partial charge >= 0.3 is 0 Å². The van der Waals surface area contributed by atoms with E-state index in [-0.39, 0.29) is 0 Å². The van der Waals surface area contributed by atoms with Gasteiger partial charge in [0.2, 0.25) is 10.7 Å². The van der Waals surface area contributed by atoms with E-state index in [2.05, 4.69) is 44.1 Å². The molecule has 1 aliphatic rings. The van der Waals surface area contributed by atoms with Crippen LogP contribution in [0.4, 0.5) is 5.95 Å². The van der Waals surface area contributed by atoms with Gasteiger partial charge in [0, 0.05) is 12.2 Å². The van der Waals surface area contributed by atoms with E-state index in [9.17, 15) is 0 Å². The molecule has 5 heteroatoms. The number of anilines is 1. The Hall–Kier alpha value is -1.62. The molecule has 1 aliphatic heterocycles. The topological polar surface area (TPSA) is 34.0 Å². The highest BCUT2D eigenvalue weighted by Gasteiger charge is 2.24. The van der Waals surface area contributed by atoms with Gasteiger partial charge in [-0.2, -0.15) is 4.98 Å². The van der Waals surface area contributed by atoms with E-state index in [1.165, 1.54) is 0 Å². The number of rotatable bonds is 4. The first-order valence-corrected chi connectivity index (χ1v) is 6.05. The lowest BCUT2D eigenvalue weighted by Gasteiger charge is -2.16. The van der Waals surface area contributed by atoms with E-state index >= 15 is 0 Å². The van der Waals surface area contributed by atoms with Gasteiger partial charge in [0.05, 0.1) is 6.54 Å². The summed E-state index contributed by atoms with van der Waals surface area (Å²) in [4.78, 5) is 6.44. The smallest absolute Gasteiger partial charge is 0.229 e. The zero-order chi connectivity index (χ0) is 12.3. The molecule has 17 heavy (non-hydrogen) atoms. The monoisotopic (exact) mass is 292 g/mol. The second kappa shape index (κ2) is 5.14. The van der Waals surface area contributed by atoms with Crippen molar-refractivity contribution in [3.63, 3.8) is 0 Å². The van der Waals surface area contributed by atoms with Crippen LogP contribution in [-0.4, -0.2) is 21.3 Å². The van der Waals surface area contributed by atoms with Crippen LogP contribution in [-0.2, 0) is 6.54 Å². The first kappa shape index (κ1) is 11.9. The molecule has 1 aromatic rings. The predicted octanol–water partition coefficient (Wildman–Crippen LogP) is 2.67. The Balaban J connectivity index is 2.33. The number of hydrogen-bond acceptors (Lipinski definition) is 3. The maximum absolute atomic E-state index is 4.34. The zero-order valence-corrected chi connectivity index (χ0v) is 11.0. The van der Waals surface area contributed by atoms with Gasteiger partial charge < -0.3 is 4.90 Å². The van der Waals surface area contributed by atoms with Crippen LogP contribution in [0, 0.1) is 0 Å². The lowest BCUT2D eigenvalue weighted by Crippen LogP contribution is -2.19. The Kier molecular flexibility index (Phi) is 3.58. The lowest BCUT2D eigenvalue weighted by molar-refractivity contribution is 0.686. The van der Waals surface area contributed by atoms with Gasteiger partial charge in [-0.15, -0.1) is 5.10 Å². The van der Waals surface area contributed by atoms with Crippen LogP contribution >= 0.6 is 15.9 Å². The maximum Gasteiger partial charge on any atom is 0.229 e. The Morgan fingerprint density at radius 2 is 2.12 bits per heavy atom. The molecule has 0 fully saturated rings. The predicted molar refractivity (Wildman–Crippen MR) is 72.7 cm³/mol. The van der Waals surface area contributed by atoms with Crippen LogP contribution in [0.3, 0.4) is 0 Å². The summed E-state index contributed by atoms with van der Waals surface area (Å²) >= 11 is 3.28.